The second-order valence-electron chi connectivity index (χ2n) is 4.16. The second-order valence-corrected chi connectivity index (χ2v) is 4.16. The van der Waals surface area contributed by atoms with Crippen LogP contribution in [-0.2, 0) is 14.3 Å². The summed E-state index contributed by atoms with van der Waals surface area (Å²) in [4.78, 5) is 11.9. The summed E-state index contributed by atoms with van der Waals surface area (Å²) in [6.45, 7) is 5.63. The Morgan fingerprint density at radius 1 is 1.56 bits per heavy atom. The van der Waals surface area contributed by atoms with Crippen molar-refractivity contribution in [3.63, 3.8) is 0 Å². The van der Waals surface area contributed by atoms with Crippen LogP contribution in [0.2, 0.25) is 0 Å². The molecule has 0 aromatic heterocycles. The number of allylic oxidation sites excluding steroid dienone is 1. The first-order valence-electron chi connectivity index (χ1n) is 6.10. The van der Waals surface area contributed by atoms with E-state index in [1.165, 1.54) is 0 Å². The highest BCUT2D eigenvalue weighted by molar-refractivity contribution is 5.94. The maximum absolute atomic E-state index is 11.9. The molecule has 18 heavy (non-hydrogen) atoms. The van der Waals surface area contributed by atoms with Gasteiger partial charge in [0.25, 0.3) is 0 Å². The van der Waals surface area contributed by atoms with E-state index in [2.05, 4.69) is 0 Å². The fourth-order valence-electron chi connectivity index (χ4n) is 2.17. The topological polar surface area (TPSA) is 83.2 Å². The highest BCUT2D eigenvalue weighted by Gasteiger charge is 2.39. The molecule has 0 aromatic rings. The molecule has 1 rings (SSSR count). The zero-order valence-corrected chi connectivity index (χ0v) is 10.9. The number of carbonyl (C=O) groups excluding carboxylic acids is 1. The molecule has 0 aromatic carbocycles. The normalized spacial score (nSPS) is 23.3. The summed E-state index contributed by atoms with van der Waals surface area (Å²) < 4.78 is 10.2. The van der Waals surface area contributed by atoms with E-state index < -0.39 is 11.9 Å². The number of ether oxygens (including phenoxy) is 2. The predicted molar refractivity (Wildman–Crippen MR) is 65.6 cm³/mol. The zero-order valence-electron chi connectivity index (χ0n) is 10.9. The Morgan fingerprint density at radius 3 is 2.72 bits per heavy atom. The molecule has 0 amide bonds. The van der Waals surface area contributed by atoms with Crippen molar-refractivity contribution in [1.29, 1.82) is 10.7 Å². The Hall–Kier alpha value is -1.83. The molecule has 0 saturated heterocycles. The van der Waals surface area contributed by atoms with Crippen LogP contribution in [0, 0.1) is 28.6 Å². The number of carbonyl (C=O) groups is 1. The quantitative estimate of drug-likeness (QED) is 0.776. The Bertz CT molecular complexity index is 420. The number of nitrogens with zero attached hydrogens (tertiary/aromatic N) is 1. The molecular formula is C13H18N2O3. The lowest BCUT2D eigenvalue weighted by atomic mass is 9.81. The van der Waals surface area contributed by atoms with Crippen LogP contribution in [0.5, 0.6) is 0 Å². The van der Waals surface area contributed by atoms with Crippen LogP contribution in [0.15, 0.2) is 11.3 Å². The van der Waals surface area contributed by atoms with Crippen molar-refractivity contribution >= 4 is 11.9 Å². The number of rotatable bonds is 4. The van der Waals surface area contributed by atoms with Crippen molar-refractivity contribution < 1.29 is 14.3 Å². The summed E-state index contributed by atoms with van der Waals surface area (Å²) in [5, 5.41) is 16.8. The van der Waals surface area contributed by atoms with Gasteiger partial charge in [0, 0.05) is 5.92 Å². The average Bonchev–Trinajstić information content (AvgIpc) is 2.29. The molecule has 0 bridgehead atoms. The van der Waals surface area contributed by atoms with E-state index in [-0.39, 0.29) is 18.4 Å². The van der Waals surface area contributed by atoms with Gasteiger partial charge in [0.15, 0.2) is 0 Å². The molecule has 1 N–H and O–H groups in total. The van der Waals surface area contributed by atoms with Gasteiger partial charge in [-0.2, -0.15) is 5.26 Å². The third-order valence-corrected chi connectivity index (χ3v) is 2.93. The van der Waals surface area contributed by atoms with E-state index in [1.54, 1.807) is 13.8 Å². The molecule has 0 radical (unpaired) electrons. The number of nitrogens with one attached hydrogen (secondary N) is 1. The fraction of sp³-hybridized carbons (Fsp3) is 0.615. The molecule has 0 fully saturated rings. The van der Waals surface area contributed by atoms with E-state index in [9.17, 15) is 4.79 Å². The molecule has 0 spiro atoms. The van der Waals surface area contributed by atoms with Crippen molar-refractivity contribution in [2.45, 2.75) is 33.6 Å². The third-order valence-electron chi connectivity index (χ3n) is 2.93. The number of hydrogen-bond acceptors (Lipinski definition) is 5. The average molecular weight is 250 g/mol. The van der Waals surface area contributed by atoms with Gasteiger partial charge in [-0.25, -0.2) is 4.79 Å². The first kappa shape index (κ1) is 14.2. The van der Waals surface area contributed by atoms with Crippen LogP contribution in [0.4, 0.5) is 0 Å². The van der Waals surface area contributed by atoms with Gasteiger partial charge in [-0.15, -0.1) is 0 Å². The smallest absolute Gasteiger partial charge is 0.337 e. The molecule has 2 unspecified atom stereocenters. The monoisotopic (exact) mass is 250 g/mol. The number of esters is 1. The van der Waals surface area contributed by atoms with Crippen LogP contribution in [0.1, 0.15) is 33.6 Å². The lowest BCUT2D eigenvalue weighted by molar-refractivity contribution is -0.139. The largest absolute Gasteiger partial charge is 0.463 e. The number of nitriles is 1. The lowest BCUT2D eigenvalue weighted by Gasteiger charge is -2.29. The first-order valence-corrected chi connectivity index (χ1v) is 6.10. The summed E-state index contributed by atoms with van der Waals surface area (Å²) in [5.41, 5.74) is 0.404. The Kier molecular flexibility index (Phi) is 4.90. The van der Waals surface area contributed by atoms with E-state index in [1.807, 2.05) is 13.0 Å². The van der Waals surface area contributed by atoms with Gasteiger partial charge in [-0.05, 0) is 20.3 Å². The van der Waals surface area contributed by atoms with Crippen LogP contribution in [0.25, 0.3) is 0 Å². The highest BCUT2D eigenvalue weighted by Crippen LogP contribution is 2.34. The van der Waals surface area contributed by atoms with E-state index in [0.717, 1.165) is 6.42 Å². The van der Waals surface area contributed by atoms with Crippen LogP contribution in [-0.4, -0.2) is 18.5 Å². The summed E-state index contributed by atoms with van der Waals surface area (Å²) in [7, 11) is 0. The fourth-order valence-corrected chi connectivity index (χ4v) is 2.17. The van der Waals surface area contributed by atoms with Crippen molar-refractivity contribution in [1.82, 2.24) is 0 Å². The van der Waals surface area contributed by atoms with Crippen LogP contribution < -0.4 is 0 Å². The van der Waals surface area contributed by atoms with Gasteiger partial charge >= 0.3 is 5.97 Å². The Labute approximate surface area is 107 Å². The maximum atomic E-state index is 11.9. The van der Waals surface area contributed by atoms with Gasteiger partial charge in [-0.3, -0.25) is 5.41 Å². The molecule has 1 aliphatic rings. The molecule has 0 aliphatic carbocycles. The van der Waals surface area contributed by atoms with Gasteiger partial charge in [0.05, 0.1) is 18.2 Å². The Balaban J connectivity index is 3.15. The van der Waals surface area contributed by atoms with Gasteiger partial charge < -0.3 is 9.47 Å². The molecule has 1 heterocycles. The minimum absolute atomic E-state index is 0.0819. The predicted octanol–water partition coefficient (Wildman–Crippen LogP) is 2.39. The van der Waals surface area contributed by atoms with Crippen LogP contribution in [0.3, 0.4) is 0 Å². The summed E-state index contributed by atoms with van der Waals surface area (Å²) >= 11 is 0. The van der Waals surface area contributed by atoms with Crippen LogP contribution >= 0.6 is 0 Å². The molecule has 5 heteroatoms. The standard InChI is InChI=1S/C13H18N2O3/c1-4-6-9-10(7-14)12(15)18-8(3)11(9)13(16)17-5-2/h9-10,15H,4-6H2,1-3H3. The minimum atomic E-state index is -0.701. The molecular weight excluding hydrogens is 232 g/mol. The molecule has 2 atom stereocenters. The lowest BCUT2D eigenvalue weighted by Crippen LogP contribution is -2.34. The maximum Gasteiger partial charge on any atom is 0.337 e. The molecule has 5 nitrogen and oxygen atoms in total. The van der Waals surface area contributed by atoms with Crippen molar-refractivity contribution in [3.8, 4) is 6.07 Å². The molecule has 98 valence electrons. The van der Waals surface area contributed by atoms with Crippen molar-refractivity contribution in [2.75, 3.05) is 6.61 Å². The summed E-state index contributed by atoms with van der Waals surface area (Å²) in [6.07, 6.45) is 1.49. The minimum Gasteiger partial charge on any atom is -0.463 e. The van der Waals surface area contributed by atoms with Crippen molar-refractivity contribution in [3.05, 3.63) is 11.3 Å². The SMILES string of the molecule is CCCC1C(C(=O)OCC)=C(C)OC(=N)C1C#N. The third kappa shape index (κ3) is 2.70. The van der Waals surface area contributed by atoms with E-state index in [4.69, 9.17) is 20.1 Å². The van der Waals surface area contributed by atoms with Gasteiger partial charge in [0.1, 0.15) is 11.7 Å². The molecule has 0 saturated carbocycles. The van der Waals surface area contributed by atoms with Gasteiger partial charge in [-0.1, -0.05) is 13.3 Å². The first-order chi connectivity index (χ1) is 8.56. The number of hydrogen-bond donors (Lipinski definition) is 1. The van der Waals surface area contributed by atoms with E-state index in [0.29, 0.717) is 17.8 Å². The van der Waals surface area contributed by atoms with E-state index >= 15 is 0 Å². The van der Waals surface area contributed by atoms with Gasteiger partial charge in [0.2, 0.25) is 5.90 Å². The molecule has 1 aliphatic heterocycles. The highest BCUT2D eigenvalue weighted by atomic mass is 16.5. The Morgan fingerprint density at radius 2 is 2.22 bits per heavy atom. The zero-order chi connectivity index (χ0) is 13.7. The summed E-state index contributed by atoms with van der Waals surface area (Å²) in [6, 6.07) is 2.04. The van der Waals surface area contributed by atoms with Crippen molar-refractivity contribution in [2.24, 2.45) is 11.8 Å². The second kappa shape index (κ2) is 6.20. The summed E-state index contributed by atoms with van der Waals surface area (Å²) in [5.74, 6) is -1.15.